The van der Waals surface area contributed by atoms with Crippen molar-refractivity contribution in [2.45, 2.75) is 25.2 Å². The van der Waals surface area contributed by atoms with E-state index in [1.165, 1.54) is 6.07 Å². The largest absolute Gasteiger partial charge is 0.497 e. The molecule has 0 radical (unpaired) electrons. The minimum atomic E-state index is -5.08. The molecule has 1 amide bonds. The minimum absolute atomic E-state index is 0.0317. The number of anilines is 1. The minimum Gasteiger partial charge on any atom is -0.497 e. The maximum atomic E-state index is 15.2. The number of carboxylic acids is 1. The van der Waals surface area contributed by atoms with E-state index < -0.39 is 24.0 Å². The van der Waals surface area contributed by atoms with Crippen molar-refractivity contribution < 1.29 is 41.7 Å². The highest BCUT2D eigenvalue weighted by Crippen LogP contribution is 2.34. The second-order valence-electron chi connectivity index (χ2n) is 9.03. The van der Waals surface area contributed by atoms with Gasteiger partial charge in [0.25, 0.3) is 0 Å². The first kappa shape index (κ1) is 30.4. The number of alkyl halides is 3. The molecular formula is C26H29F4N5O5. The van der Waals surface area contributed by atoms with Crippen molar-refractivity contribution in [2.24, 2.45) is 0 Å². The van der Waals surface area contributed by atoms with E-state index in [1.54, 1.807) is 25.6 Å². The van der Waals surface area contributed by atoms with Crippen LogP contribution >= 0.6 is 0 Å². The van der Waals surface area contributed by atoms with Gasteiger partial charge in [0.15, 0.2) is 5.82 Å². The smallest absolute Gasteiger partial charge is 0.490 e. The standard InChI is InChI=1S/C24H28FN5O3.C2HF3O2/c1-30(2)6-7-33-22-11-17(18-13-27-28-14-18)9-20(25)23(22)29-24(31)21-10-16-8-19(32-3)5-4-15(16)12-26-21;3-2(4,5)1(6)7/h4-5,8-9,11,13-14,21,26H,6-7,10,12H2,1-3H3,(H,27,28)(H,29,31);(H,6,7)/t21-;/m1./s1. The van der Waals surface area contributed by atoms with Crippen LogP contribution in [-0.2, 0) is 22.6 Å². The molecule has 4 rings (SSSR count). The molecule has 10 nitrogen and oxygen atoms in total. The number of amides is 1. The van der Waals surface area contributed by atoms with Crippen LogP contribution in [0.4, 0.5) is 23.2 Å². The van der Waals surface area contributed by atoms with Gasteiger partial charge in [0.05, 0.1) is 19.3 Å². The Morgan fingerprint density at radius 3 is 2.50 bits per heavy atom. The summed E-state index contributed by atoms with van der Waals surface area (Å²) in [7, 11) is 5.47. The lowest BCUT2D eigenvalue weighted by Crippen LogP contribution is -2.44. The molecule has 3 aromatic rings. The highest BCUT2D eigenvalue weighted by molar-refractivity contribution is 5.97. The molecule has 4 N–H and O–H groups in total. The summed E-state index contributed by atoms with van der Waals surface area (Å²) >= 11 is 0. The van der Waals surface area contributed by atoms with Gasteiger partial charge in [0.1, 0.15) is 23.8 Å². The van der Waals surface area contributed by atoms with Crippen molar-refractivity contribution in [1.82, 2.24) is 20.4 Å². The molecule has 0 fully saturated rings. The molecule has 1 aliphatic rings. The third-order valence-electron chi connectivity index (χ3n) is 5.87. The number of fused-ring (bicyclic) bond motifs is 1. The first-order chi connectivity index (χ1) is 18.9. The molecule has 0 bridgehead atoms. The van der Waals surface area contributed by atoms with Gasteiger partial charge in [-0.3, -0.25) is 9.89 Å². The van der Waals surface area contributed by atoms with Crippen molar-refractivity contribution >= 4 is 17.6 Å². The predicted octanol–water partition coefficient (Wildman–Crippen LogP) is 3.45. The fraction of sp³-hybridized carbons (Fsp3) is 0.346. The molecule has 2 heterocycles. The summed E-state index contributed by atoms with van der Waals surface area (Å²) in [6.45, 7) is 1.54. The van der Waals surface area contributed by atoms with Gasteiger partial charge in [-0.1, -0.05) is 6.07 Å². The number of halogens is 4. The fourth-order valence-electron chi connectivity index (χ4n) is 3.74. The Labute approximate surface area is 227 Å². The molecule has 1 aliphatic heterocycles. The zero-order valence-corrected chi connectivity index (χ0v) is 21.9. The number of nitrogens with zero attached hydrogens (tertiary/aromatic N) is 2. The number of aromatic nitrogens is 2. The monoisotopic (exact) mass is 567 g/mol. The summed E-state index contributed by atoms with van der Waals surface area (Å²) in [5.74, 6) is -2.63. The average molecular weight is 568 g/mol. The van der Waals surface area contributed by atoms with Crippen LogP contribution in [-0.4, -0.2) is 78.7 Å². The van der Waals surface area contributed by atoms with Gasteiger partial charge in [-0.2, -0.15) is 18.3 Å². The summed E-state index contributed by atoms with van der Waals surface area (Å²) in [4.78, 5) is 23.9. The number of nitrogens with one attached hydrogen (secondary N) is 3. The van der Waals surface area contributed by atoms with Gasteiger partial charge in [-0.05, 0) is 61.5 Å². The Balaban J connectivity index is 0.000000559. The molecule has 0 unspecified atom stereocenters. The molecule has 0 saturated carbocycles. The van der Waals surface area contributed by atoms with Crippen molar-refractivity contribution in [3.05, 3.63) is 59.7 Å². The molecule has 2 aromatic carbocycles. The topological polar surface area (TPSA) is 129 Å². The number of carboxylic acid groups (broad SMARTS) is 1. The maximum Gasteiger partial charge on any atom is 0.490 e. The number of methoxy groups -OCH3 is 1. The highest BCUT2D eigenvalue weighted by Gasteiger charge is 2.38. The first-order valence-corrected chi connectivity index (χ1v) is 12.0. The van der Waals surface area contributed by atoms with Gasteiger partial charge in [0, 0.05) is 24.8 Å². The number of rotatable bonds is 8. The number of aromatic amines is 1. The van der Waals surface area contributed by atoms with Crippen LogP contribution < -0.4 is 20.1 Å². The predicted molar refractivity (Wildman–Crippen MR) is 138 cm³/mol. The number of benzene rings is 2. The molecule has 1 atom stereocenters. The Hall–Kier alpha value is -4.17. The molecular weight excluding hydrogens is 538 g/mol. The number of aliphatic carboxylic acids is 1. The molecule has 0 saturated heterocycles. The van der Waals surface area contributed by atoms with E-state index in [-0.39, 0.29) is 17.3 Å². The second kappa shape index (κ2) is 13.3. The molecule has 216 valence electrons. The summed E-state index contributed by atoms with van der Waals surface area (Å²) in [5.41, 5.74) is 3.51. The van der Waals surface area contributed by atoms with E-state index in [2.05, 4.69) is 20.8 Å². The van der Waals surface area contributed by atoms with Gasteiger partial charge in [-0.25, -0.2) is 9.18 Å². The lowest BCUT2D eigenvalue weighted by atomic mass is 9.95. The van der Waals surface area contributed by atoms with Gasteiger partial charge < -0.3 is 30.1 Å². The third kappa shape index (κ3) is 8.16. The quantitative estimate of drug-likeness (QED) is 0.305. The number of carbonyl (C=O) groups is 2. The first-order valence-electron chi connectivity index (χ1n) is 12.0. The van der Waals surface area contributed by atoms with Crippen LogP contribution in [0.5, 0.6) is 11.5 Å². The van der Waals surface area contributed by atoms with Crippen LogP contribution in [0.25, 0.3) is 11.1 Å². The maximum absolute atomic E-state index is 15.2. The highest BCUT2D eigenvalue weighted by atomic mass is 19.4. The van der Waals surface area contributed by atoms with E-state index in [4.69, 9.17) is 19.4 Å². The van der Waals surface area contributed by atoms with E-state index in [9.17, 15) is 18.0 Å². The number of carbonyl (C=O) groups excluding carboxylic acids is 1. The second-order valence-corrected chi connectivity index (χ2v) is 9.03. The lowest BCUT2D eigenvalue weighted by Gasteiger charge is -2.26. The van der Waals surface area contributed by atoms with Crippen molar-refractivity contribution in [1.29, 1.82) is 0 Å². The van der Waals surface area contributed by atoms with Gasteiger partial charge >= 0.3 is 12.1 Å². The van der Waals surface area contributed by atoms with Crippen LogP contribution in [0.15, 0.2) is 42.7 Å². The van der Waals surface area contributed by atoms with Gasteiger partial charge in [0.2, 0.25) is 5.91 Å². The number of likely N-dealkylation sites (N-methyl/N-ethyl adjacent to an activating group) is 1. The third-order valence-corrected chi connectivity index (χ3v) is 5.87. The van der Waals surface area contributed by atoms with E-state index in [0.717, 1.165) is 22.4 Å². The lowest BCUT2D eigenvalue weighted by molar-refractivity contribution is -0.192. The van der Waals surface area contributed by atoms with Crippen molar-refractivity contribution in [3.63, 3.8) is 0 Å². The van der Waals surface area contributed by atoms with E-state index >= 15 is 4.39 Å². The summed E-state index contributed by atoms with van der Waals surface area (Å²) < 4.78 is 58.1. The van der Waals surface area contributed by atoms with Gasteiger partial charge in [-0.15, -0.1) is 0 Å². The van der Waals surface area contributed by atoms with E-state index in [1.807, 2.05) is 37.2 Å². The summed E-state index contributed by atoms with van der Waals surface area (Å²) in [6, 6.07) is 8.40. The number of ether oxygens (including phenoxy) is 2. The number of H-pyrrole nitrogens is 1. The zero-order chi connectivity index (χ0) is 29.4. The van der Waals surface area contributed by atoms with Crippen LogP contribution in [0, 0.1) is 5.82 Å². The summed E-state index contributed by atoms with van der Waals surface area (Å²) in [5, 5.41) is 19.8. The zero-order valence-electron chi connectivity index (χ0n) is 21.9. The summed E-state index contributed by atoms with van der Waals surface area (Å²) in [6.07, 6.45) is -1.33. The van der Waals surface area contributed by atoms with Crippen molar-refractivity contribution in [2.75, 3.05) is 39.7 Å². The fourth-order valence-corrected chi connectivity index (χ4v) is 3.74. The normalized spacial score (nSPS) is 14.6. The van der Waals surface area contributed by atoms with Crippen LogP contribution in [0.1, 0.15) is 11.1 Å². The van der Waals surface area contributed by atoms with Crippen LogP contribution in [0.3, 0.4) is 0 Å². The Bertz CT molecular complexity index is 1320. The number of hydrogen-bond donors (Lipinski definition) is 4. The molecule has 14 heteroatoms. The van der Waals surface area contributed by atoms with E-state index in [0.29, 0.717) is 31.7 Å². The van der Waals surface area contributed by atoms with Crippen molar-refractivity contribution in [3.8, 4) is 22.6 Å². The molecule has 1 aromatic heterocycles. The average Bonchev–Trinajstić information content (AvgIpc) is 3.44. The van der Waals surface area contributed by atoms with Crippen LogP contribution in [0.2, 0.25) is 0 Å². The SMILES string of the molecule is COc1ccc2c(c1)C[C@H](C(=O)Nc1c(F)cc(-c3cn[nH]c3)cc1OCCN(C)C)NC2.O=C(O)C(F)(F)F. The molecule has 0 aliphatic carbocycles. The Morgan fingerprint density at radius 2 is 1.90 bits per heavy atom. The Kier molecular flexibility index (Phi) is 10.1. The molecule has 40 heavy (non-hydrogen) atoms. The molecule has 0 spiro atoms. The number of hydrogen-bond acceptors (Lipinski definition) is 7. The Morgan fingerprint density at radius 1 is 1.18 bits per heavy atom.